The zero-order chi connectivity index (χ0) is 14.3. The quantitative estimate of drug-likeness (QED) is 0.795. The van der Waals surface area contributed by atoms with Crippen molar-refractivity contribution in [1.29, 1.82) is 0 Å². The lowest BCUT2D eigenvalue weighted by molar-refractivity contribution is -0.121. The fourth-order valence-electron chi connectivity index (χ4n) is 1.80. The zero-order valence-electron chi connectivity index (χ0n) is 11.6. The molecule has 0 aromatic heterocycles. The van der Waals surface area contributed by atoms with E-state index in [1.165, 1.54) is 0 Å². The van der Waals surface area contributed by atoms with E-state index in [0.29, 0.717) is 6.42 Å². The molecular weight excluding hydrogens is 262 g/mol. The minimum atomic E-state index is -0.0573. The van der Waals surface area contributed by atoms with Crippen molar-refractivity contribution >= 4 is 17.7 Å². The van der Waals surface area contributed by atoms with Crippen LogP contribution in [-0.4, -0.2) is 42.3 Å². The zero-order valence-corrected chi connectivity index (χ0v) is 12.4. The van der Waals surface area contributed by atoms with E-state index >= 15 is 0 Å². The van der Waals surface area contributed by atoms with Gasteiger partial charge in [-0.2, -0.15) is 11.8 Å². The predicted octanol–water partition coefficient (Wildman–Crippen LogP) is 1.47. The second-order valence-corrected chi connectivity index (χ2v) is 5.42. The van der Waals surface area contributed by atoms with E-state index in [9.17, 15) is 9.90 Å². The highest BCUT2D eigenvalue weighted by atomic mass is 32.2. The molecule has 2 atom stereocenters. The monoisotopic (exact) mass is 283 g/mol. The van der Waals surface area contributed by atoms with Crippen molar-refractivity contribution in [1.82, 2.24) is 5.32 Å². The summed E-state index contributed by atoms with van der Waals surface area (Å²) in [6.45, 7) is 1.96. The van der Waals surface area contributed by atoms with Crippen LogP contribution in [0.15, 0.2) is 24.3 Å². The Morgan fingerprint density at radius 1 is 1.53 bits per heavy atom. The van der Waals surface area contributed by atoms with Crippen molar-refractivity contribution in [2.24, 2.45) is 0 Å². The van der Waals surface area contributed by atoms with Crippen molar-refractivity contribution in [3.8, 4) is 5.75 Å². The van der Waals surface area contributed by atoms with Crippen LogP contribution in [0.5, 0.6) is 5.75 Å². The molecule has 0 spiro atoms. The summed E-state index contributed by atoms with van der Waals surface area (Å²) in [4.78, 5) is 11.9. The number of methoxy groups -OCH3 is 1. The normalized spacial score (nSPS) is 13.7. The summed E-state index contributed by atoms with van der Waals surface area (Å²) >= 11 is 1.55. The molecule has 4 nitrogen and oxygen atoms in total. The predicted molar refractivity (Wildman–Crippen MR) is 78.7 cm³/mol. The third-order valence-electron chi connectivity index (χ3n) is 2.93. The van der Waals surface area contributed by atoms with E-state index in [1.807, 2.05) is 37.4 Å². The first-order chi connectivity index (χ1) is 9.10. The highest BCUT2D eigenvalue weighted by Gasteiger charge is 2.17. The molecule has 2 N–H and O–H groups in total. The van der Waals surface area contributed by atoms with Crippen LogP contribution in [-0.2, 0) is 11.2 Å². The summed E-state index contributed by atoms with van der Waals surface area (Å²) in [5, 5.41) is 12.1. The average molecular weight is 283 g/mol. The number of ether oxygens (including phenoxy) is 1. The van der Waals surface area contributed by atoms with Gasteiger partial charge in [0.2, 0.25) is 5.91 Å². The molecular formula is C14H21NO3S. The van der Waals surface area contributed by atoms with Gasteiger partial charge in [-0.3, -0.25) is 4.79 Å². The number of thioether (sulfide) groups is 1. The van der Waals surface area contributed by atoms with Crippen molar-refractivity contribution in [3.05, 3.63) is 29.8 Å². The topological polar surface area (TPSA) is 58.6 Å². The number of hydrogen-bond donors (Lipinski definition) is 2. The van der Waals surface area contributed by atoms with E-state index < -0.39 is 0 Å². The molecule has 0 bridgehead atoms. The first-order valence-corrected chi connectivity index (χ1v) is 7.45. The van der Waals surface area contributed by atoms with E-state index in [-0.39, 0.29) is 23.8 Å². The minimum absolute atomic E-state index is 0.0225. The number of carbonyl (C=O) groups is 1. The van der Waals surface area contributed by atoms with Crippen LogP contribution >= 0.6 is 11.8 Å². The van der Waals surface area contributed by atoms with Gasteiger partial charge >= 0.3 is 0 Å². The molecule has 1 aromatic carbocycles. The molecule has 0 heterocycles. The molecule has 0 saturated heterocycles. The van der Waals surface area contributed by atoms with Crippen LogP contribution in [0.2, 0.25) is 0 Å². The third kappa shape index (κ3) is 5.12. The standard InChI is InChI=1S/C14H21NO3S/c1-10(13(9-16)19-3)15-14(17)8-11-5-4-6-12(7-11)18-2/h4-7,10,13,16H,8-9H2,1-3H3,(H,15,17). The summed E-state index contributed by atoms with van der Waals surface area (Å²) < 4.78 is 5.12. The van der Waals surface area contributed by atoms with Crippen molar-refractivity contribution < 1.29 is 14.6 Å². The molecule has 0 aliphatic heterocycles. The first-order valence-electron chi connectivity index (χ1n) is 6.16. The van der Waals surface area contributed by atoms with Crippen molar-refractivity contribution in [2.45, 2.75) is 24.6 Å². The molecule has 5 heteroatoms. The molecule has 1 amide bonds. The molecule has 1 rings (SSSR count). The van der Waals surface area contributed by atoms with Gasteiger partial charge in [0, 0.05) is 11.3 Å². The van der Waals surface area contributed by atoms with Gasteiger partial charge in [0.05, 0.1) is 20.1 Å². The maximum Gasteiger partial charge on any atom is 0.224 e. The van der Waals surface area contributed by atoms with E-state index in [2.05, 4.69) is 5.32 Å². The number of aliphatic hydroxyl groups excluding tert-OH is 1. The van der Waals surface area contributed by atoms with Gasteiger partial charge in [0.25, 0.3) is 0 Å². The third-order valence-corrected chi connectivity index (χ3v) is 4.09. The molecule has 19 heavy (non-hydrogen) atoms. The molecule has 0 fully saturated rings. The van der Waals surface area contributed by atoms with Crippen LogP contribution in [0.4, 0.5) is 0 Å². The maximum absolute atomic E-state index is 11.9. The summed E-state index contributed by atoms with van der Waals surface area (Å²) in [5.74, 6) is 0.698. The molecule has 1 aromatic rings. The van der Waals surface area contributed by atoms with Gasteiger partial charge in [0.15, 0.2) is 0 Å². The number of benzene rings is 1. The summed E-state index contributed by atoms with van der Waals surface area (Å²) in [6.07, 6.45) is 2.24. The summed E-state index contributed by atoms with van der Waals surface area (Å²) in [5.41, 5.74) is 0.911. The molecule has 0 radical (unpaired) electrons. The Morgan fingerprint density at radius 3 is 2.84 bits per heavy atom. The number of rotatable bonds is 7. The minimum Gasteiger partial charge on any atom is -0.497 e. The van der Waals surface area contributed by atoms with Crippen LogP contribution in [0.3, 0.4) is 0 Å². The van der Waals surface area contributed by atoms with Gasteiger partial charge in [-0.1, -0.05) is 12.1 Å². The van der Waals surface area contributed by atoms with Gasteiger partial charge < -0.3 is 15.2 Å². The number of hydrogen-bond acceptors (Lipinski definition) is 4. The van der Waals surface area contributed by atoms with E-state index in [4.69, 9.17) is 4.74 Å². The van der Waals surface area contributed by atoms with Crippen molar-refractivity contribution in [2.75, 3.05) is 20.0 Å². The molecule has 0 aliphatic rings. The summed E-state index contributed by atoms with van der Waals surface area (Å²) in [7, 11) is 1.60. The number of nitrogens with one attached hydrogen (secondary N) is 1. The Morgan fingerprint density at radius 2 is 2.26 bits per heavy atom. The molecule has 0 aliphatic carbocycles. The maximum atomic E-state index is 11.9. The lowest BCUT2D eigenvalue weighted by Crippen LogP contribution is -2.41. The average Bonchev–Trinajstić information content (AvgIpc) is 2.40. The lowest BCUT2D eigenvalue weighted by Gasteiger charge is -2.21. The number of aliphatic hydroxyl groups is 1. The Labute approximate surface area is 118 Å². The Balaban J connectivity index is 2.54. The fraction of sp³-hybridized carbons (Fsp3) is 0.500. The van der Waals surface area contributed by atoms with Crippen LogP contribution in [0.25, 0.3) is 0 Å². The summed E-state index contributed by atoms with van der Waals surface area (Å²) in [6, 6.07) is 7.40. The lowest BCUT2D eigenvalue weighted by atomic mass is 10.1. The smallest absolute Gasteiger partial charge is 0.224 e. The van der Waals surface area contributed by atoms with Gasteiger partial charge in [-0.05, 0) is 30.9 Å². The molecule has 0 saturated carbocycles. The molecule has 2 unspecified atom stereocenters. The van der Waals surface area contributed by atoms with E-state index in [0.717, 1.165) is 11.3 Å². The van der Waals surface area contributed by atoms with Gasteiger partial charge in [-0.25, -0.2) is 0 Å². The van der Waals surface area contributed by atoms with Crippen LogP contribution in [0, 0.1) is 0 Å². The highest BCUT2D eigenvalue weighted by Crippen LogP contribution is 2.14. The van der Waals surface area contributed by atoms with Crippen LogP contribution < -0.4 is 10.1 Å². The number of amides is 1. The SMILES string of the molecule is COc1cccc(CC(=O)NC(C)C(CO)SC)c1. The first kappa shape index (κ1) is 15.9. The van der Waals surface area contributed by atoms with Crippen LogP contribution in [0.1, 0.15) is 12.5 Å². The second-order valence-electron chi connectivity index (χ2n) is 4.34. The van der Waals surface area contributed by atoms with Crippen molar-refractivity contribution in [3.63, 3.8) is 0 Å². The van der Waals surface area contributed by atoms with Gasteiger partial charge in [-0.15, -0.1) is 0 Å². The molecule has 106 valence electrons. The Bertz CT molecular complexity index is 407. The van der Waals surface area contributed by atoms with Gasteiger partial charge in [0.1, 0.15) is 5.75 Å². The van der Waals surface area contributed by atoms with E-state index in [1.54, 1.807) is 18.9 Å². The largest absolute Gasteiger partial charge is 0.497 e. The number of carbonyl (C=O) groups excluding carboxylic acids is 1. The Hall–Kier alpha value is -1.20. The Kier molecular flexibility index (Phi) is 6.73. The second kappa shape index (κ2) is 8.07. The highest BCUT2D eigenvalue weighted by molar-refractivity contribution is 7.99. The fourth-order valence-corrected chi connectivity index (χ4v) is 2.43.